The number of hydrogen-bond donors (Lipinski definition) is 2. The maximum atomic E-state index is 13.4. The van der Waals surface area contributed by atoms with Gasteiger partial charge in [0.2, 0.25) is 5.89 Å². The molecule has 1 aliphatic heterocycles. The summed E-state index contributed by atoms with van der Waals surface area (Å²) in [5.74, 6) is -2.81. The fraction of sp³-hybridized carbons (Fsp3) is 0.407. The normalized spacial score (nSPS) is 15.7. The molecule has 1 aliphatic rings. The number of aryl methyl sites for hydroxylation is 1. The van der Waals surface area contributed by atoms with Crippen molar-refractivity contribution in [2.75, 3.05) is 19.6 Å². The number of rotatable bonds is 10. The summed E-state index contributed by atoms with van der Waals surface area (Å²) in [6.07, 6.45) is 6.59. The number of halogens is 2. The highest BCUT2D eigenvalue weighted by Gasteiger charge is 2.34. The SMILES string of the molecule is Cc1coc(C2CCCN2C(=O)c2cccc(C(=O)NCCCNCc3cncc(C(C)(F)F)c3)c2)n1. The van der Waals surface area contributed by atoms with Gasteiger partial charge in [-0.2, -0.15) is 0 Å². The fourth-order valence-corrected chi connectivity index (χ4v) is 4.33. The number of carbonyl (C=O) groups excluding carboxylic acids is 2. The molecule has 2 N–H and O–H groups in total. The Labute approximate surface area is 214 Å². The van der Waals surface area contributed by atoms with Gasteiger partial charge in [-0.3, -0.25) is 14.6 Å². The van der Waals surface area contributed by atoms with Crippen LogP contribution < -0.4 is 10.6 Å². The minimum Gasteiger partial charge on any atom is -0.446 e. The van der Waals surface area contributed by atoms with Crippen LogP contribution in [0, 0.1) is 6.92 Å². The van der Waals surface area contributed by atoms with E-state index < -0.39 is 5.92 Å². The molecule has 3 heterocycles. The molecule has 2 aromatic heterocycles. The molecule has 1 fully saturated rings. The largest absolute Gasteiger partial charge is 0.446 e. The van der Waals surface area contributed by atoms with Gasteiger partial charge < -0.3 is 20.0 Å². The molecule has 8 nitrogen and oxygen atoms in total. The lowest BCUT2D eigenvalue weighted by molar-refractivity contribution is 0.0170. The van der Waals surface area contributed by atoms with E-state index in [2.05, 4.69) is 20.6 Å². The maximum Gasteiger partial charge on any atom is 0.272 e. The van der Waals surface area contributed by atoms with Crippen molar-refractivity contribution < 1.29 is 22.8 Å². The molecule has 196 valence electrons. The van der Waals surface area contributed by atoms with Gasteiger partial charge in [0.1, 0.15) is 12.3 Å². The molecule has 2 amide bonds. The number of pyridine rings is 1. The van der Waals surface area contributed by atoms with Crippen molar-refractivity contribution in [3.8, 4) is 0 Å². The lowest BCUT2D eigenvalue weighted by Crippen LogP contribution is -2.31. The van der Waals surface area contributed by atoms with Crippen LogP contribution in [0.5, 0.6) is 0 Å². The Kier molecular flexibility index (Phi) is 8.27. The number of amides is 2. The minimum atomic E-state index is -2.93. The van der Waals surface area contributed by atoms with Crippen LogP contribution in [0.1, 0.15) is 75.7 Å². The molecule has 1 saturated heterocycles. The second-order valence-corrected chi connectivity index (χ2v) is 9.32. The van der Waals surface area contributed by atoms with Gasteiger partial charge in [-0.25, -0.2) is 13.8 Å². The molecule has 0 radical (unpaired) electrons. The van der Waals surface area contributed by atoms with E-state index in [-0.39, 0.29) is 23.4 Å². The van der Waals surface area contributed by atoms with E-state index in [9.17, 15) is 18.4 Å². The van der Waals surface area contributed by atoms with E-state index in [1.807, 2.05) is 6.92 Å². The Hall–Kier alpha value is -3.66. The van der Waals surface area contributed by atoms with Crippen molar-refractivity contribution in [1.82, 2.24) is 25.5 Å². The van der Waals surface area contributed by atoms with Crippen LogP contribution in [-0.4, -0.2) is 46.3 Å². The summed E-state index contributed by atoms with van der Waals surface area (Å²) in [4.78, 5) is 35.9. The van der Waals surface area contributed by atoms with Crippen LogP contribution in [0.15, 0.2) is 53.4 Å². The summed E-state index contributed by atoms with van der Waals surface area (Å²) in [6, 6.07) is 7.92. The van der Waals surface area contributed by atoms with E-state index in [1.165, 1.54) is 12.3 Å². The third-order valence-electron chi connectivity index (χ3n) is 6.25. The fourth-order valence-electron chi connectivity index (χ4n) is 4.33. The number of carbonyl (C=O) groups is 2. The standard InChI is InChI=1S/C27H31F2N5O3/c1-18-17-37-25(33-18)23-8-4-11-34(23)26(36)21-7-3-6-20(13-21)24(35)32-10-5-9-30-14-19-12-22(16-31-15-19)27(2,28)29/h3,6-7,12-13,15-17,23,30H,4-5,8-11,14H2,1-2H3,(H,32,35). The van der Waals surface area contributed by atoms with E-state index >= 15 is 0 Å². The van der Waals surface area contributed by atoms with E-state index in [0.29, 0.717) is 55.2 Å². The molecule has 1 aromatic carbocycles. The van der Waals surface area contributed by atoms with Crippen molar-refractivity contribution >= 4 is 11.8 Å². The van der Waals surface area contributed by atoms with E-state index in [4.69, 9.17) is 4.42 Å². The highest BCUT2D eigenvalue weighted by atomic mass is 19.3. The summed E-state index contributed by atoms with van der Waals surface area (Å²) < 4.78 is 32.4. The van der Waals surface area contributed by atoms with Crippen LogP contribution in [0.25, 0.3) is 0 Å². The molecule has 0 spiro atoms. The number of hydrogen-bond acceptors (Lipinski definition) is 6. The first-order chi connectivity index (χ1) is 17.7. The highest BCUT2D eigenvalue weighted by Crippen LogP contribution is 2.32. The smallest absolute Gasteiger partial charge is 0.272 e. The van der Waals surface area contributed by atoms with Gasteiger partial charge >= 0.3 is 0 Å². The Morgan fingerprint density at radius 3 is 2.76 bits per heavy atom. The van der Waals surface area contributed by atoms with E-state index in [1.54, 1.807) is 41.6 Å². The van der Waals surface area contributed by atoms with Crippen LogP contribution in [0.3, 0.4) is 0 Å². The van der Waals surface area contributed by atoms with Crippen LogP contribution in [0.4, 0.5) is 8.78 Å². The molecule has 1 unspecified atom stereocenters. The van der Waals surface area contributed by atoms with Crippen LogP contribution in [0.2, 0.25) is 0 Å². The van der Waals surface area contributed by atoms with Crippen molar-refractivity contribution in [3.05, 3.63) is 82.8 Å². The summed E-state index contributed by atoms with van der Waals surface area (Å²) >= 11 is 0. The molecular formula is C27H31F2N5O3. The third-order valence-corrected chi connectivity index (χ3v) is 6.25. The summed E-state index contributed by atoms with van der Waals surface area (Å²) in [7, 11) is 0. The number of nitrogens with one attached hydrogen (secondary N) is 2. The molecule has 3 aromatic rings. The van der Waals surface area contributed by atoms with E-state index in [0.717, 1.165) is 25.5 Å². The average Bonchev–Trinajstić information content (AvgIpc) is 3.54. The van der Waals surface area contributed by atoms with Gasteiger partial charge in [0.15, 0.2) is 0 Å². The molecule has 4 rings (SSSR count). The molecule has 37 heavy (non-hydrogen) atoms. The second-order valence-electron chi connectivity index (χ2n) is 9.32. The third kappa shape index (κ3) is 6.76. The second kappa shape index (κ2) is 11.6. The van der Waals surface area contributed by atoms with Crippen molar-refractivity contribution in [2.24, 2.45) is 0 Å². The van der Waals surface area contributed by atoms with Gasteiger partial charge in [0.05, 0.1) is 5.69 Å². The summed E-state index contributed by atoms with van der Waals surface area (Å²) in [5, 5.41) is 6.03. The average molecular weight is 512 g/mol. The Morgan fingerprint density at radius 1 is 1.19 bits per heavy atom. The number of alkyl halides is 2. The van der Waals surface area contributed by atoms with Gasteiger partial charge in [0.25, 0.3) is 17.7 Å². The zero-order chi connectivity index (χ0) is 26.4. The first kappa shape index (κ1) is 26.4. The summed E-state index contributed by atoms with van der Waals surface area (Å²) in [6.45, 7) is 4.71. The van der Waals surface area contributed by atoms with Crippen molar-refractivity contribution in [1.29, 1.82) is 0 Å². The molecule has 0 bridgehead atoms. The highest BCUT2D eigenvalue weighted by molar-refractivity contribution is 5.99. The topological polar surface area (TPSA) is 100 Å². The van der Waals surface area contributed by atoms with Gasteiger partial charge in [-0.05, 0) is 62.6 Å². The predicted octanol–water partition coefficient (Wildman–Crippen LogP) is 4.38. The number of aromatic nitrogens is 2. The first-order valence-electron chi connectivity index (χ1n) is 12.4. The Balaban J connectivity index is 1.25. The van der Waals surface area contributed by atoms with Gasteiger partial charge in [-0.1, -0.05) is 6.07 Å². The number of nitrogens with zero attached hydrogens (tertiary/aromatic N) is 3. The maximum absolute atomic E-state index is 13.4. The predicted molar refractivity (Wildman–Crippen MR) is 133 cm³/mol. The molecule has 0 saturated carbocycles. The van der Waals surface area contributed by atoms with Gasteiger partial charge in [-0.15, -0.1) is 0 Å². The number of likely N-dealkylation sites (tertiary alicyclic amines) is 1. The molecular weight excluding hydrogens is 480 g/mol. The minimum absolute atomic E-state index is 0.118. The van der Waals surface area contributed by atoms with Crippen LogP contribution in [-0.2, 0) is 12.5 Å². The lowest BCUT2D eigenvalue weighted by Gasteiger charge is -2.22. The monoisotopic (exact) mass is 511 g/mol. The first-order valence-corrected chi connectivity index (χ1v) is 12.4. The van der Waals surface area contributed by atoms with Crippen LogP contribution >= 0.6 is 0 Å². The van der Waals surface area contributed by atoms with Gasteiger partial charge in [0, 0.05) is 55.6 Å². The molecule has 10 heteroatoms. The molecule has 0 aliphatic carbocycles. The quantitative estimate of drug-likeness (QED) is 0.392. The Bertz CT molecular complexity index is 1240. The molecule has 1 atom stereocenters. The number of oxazole rings is 1. The van der Waals surface area contributed by atoms with Crippen molar-refractivity contribution in [3.63, 3.8) is 0 Å². The summed E-state index contributed by atoms with van der Waals surface area (Å²) in [5.41, 5.74) is 2.17. The zero-order valence-electron chi connectivity index (χ0n) is 21.0. The lowest BCUT2D eigenvalue weighted by atomic mass is 10.1. The zero-order valence-corrected chi connectivity index (χ0v) is 21.0. The Morgan fingerprint density at radius 2 is 2.00 bits per heavy atom. The number of benzene rings is 1. The van der Waals surface area contributed by atoms with Crippen molar-refractivity contribution in [2.45, 2.75) is 51.6 Å².